The Labute approximate surface area is 39.5 Å². The van der Waals surface area contributed by atoms with E-state index in [0.29, 0.717) is 0 Å². The normalized spacial score (nSPS) is 8.33. The maximum atomic E-state index is 10.3. The Morgan fingerprint density at radius 2 is 1.67 bits per heavy atom. The van der Waals surface area contributed by atoms with Gasteiger partial charge in [0, 0.05) is 12.3 Å². The van der Waals surface area contributed by atoms with Crippen LogP contribution in [-0.4, -0.2) is 12.3 Å². The highest BCUT2D eigenvalue weighted by Gasteiger charge is 1.85. The molecule has 0 rings (SSSR count). The minimum atomic E-state index is -0.826. The van der Waals surface area contributed by atoms with Crippen molar-refractivity contribution in [1.82, 2.24) is 0 Å². The second-order valence-corrected chi connectivity index (χ2v) is 3.34. The van der Waals surface area contributed by atoms with Crippen LogP contribution < -0.4 is 0 Å². The van der Waals surface area contributed by atoms with Crippen LogP contribution in [0, 0.1) is 0 Å². The summed E-state index contributed by atoms with van der Waals surface area (Å²) in [6.07, 6.45) is 1.68. The maximum Gasteiger partial charge on any atom is 0.0713 e. The van der Waals surface area contributed by atoms with Gasteiger partial charge in [-0.3, -0.25) is 4.57 Å². The molecule has 0 spiro atoms. The highest BCUT2D eigenvalue weighted by Crippen LogP contribution is 2.16. The Hall–Kier alpha value is 0.100. The lowest BCUT2D eigenvalue weighted by atomic mass is 11.0. The second kappa shape index (κ2) is 3.30. The van der Waals surface area contributed by atoms with Crippen LogP contribution in [-0.2, 0) is 4.57 Å². The van der Waals surface area contributed by atoms with Crippen molar-refractivity contribution >= 4 is 7.80 Å². The standard InChI is InChI=1S/C4H10OP/c1-3-6(5)4-2/h3-4H2,1-2H3. The Morgan fingerprint density at radius 3 is 1.67 bits per heavy atom. The summed E-state index contributed by atoms with van der Waals surface area (Å²) in [6, 6.07) is 0. The highest BCUT2D eigenvalue weighted by molar-refractivity contribution is 7.44. The molecule has 6 heavy (non-hydrogen) atoms. The monoisotopic (exact) mass is 105 g/mol. The van der Waals surface area contributed by atoms with Crippen molar-refractivity contribution in [2.45, 2.75) is 13.8 Å². The first-order valence-electron chi connectivity index (χ1n) is 2.23. The van der Waals surface area contributed by atoms with Gasteiger partial charge in [0.05, 0.1) is 7.80 Å². The summed E-state index contributed by atoms with van der Waals surface area (Å²) in [5.41, 5.74) is 0. The maximum absolute atomic E-state index is 10.3. The van der Waals surface area contributed by atoms with Crippen molar-refractivity contribution in [3.05, 3.63) is 0 Å². The highest BCUT2D eigenvalue weighted by atomic mass is 31.1. The van der Waals surface area contributed by atoms with E-state index < -0.39 is 7.80 Å². The third kappa shape index (κ3) is 2.34. The minimum Gasteiger partial charge on any atom is -0.287 e. The fourth-order valence-corrected chi connectivity index (χ4v) is 0.671. The van der Waals surface area contributed by atoms with Gasteiger partial charge in [-0.05, 0) is 0 Å². The van der Waals surface area contributed by atoms with Crippen molar-refractivity contribution in [2.75, 3.05) is 12.3 Å². The molecule has 0 heterocycles. The van der Waals surface area contributed by atoms with E-state index in [0.717, 1.165) is 12.3 Å². The van der Waals surface area contributed by atoms with Crippen molar-refractivity contribution in [2.24, 2.45) is 0 Å². The lowest BCUT2D eigenvalue weighted by molar-refractivity contribution is 0.589. The quantitative estimate of drug-likeness (QED) is 0.490. The van der Waals surface area contributed by atoms with Gasteiger partial charge in [-0.15, -0.1) is 0 Å². The van der Waals surface area contributed by atoms with Crippen LogP contribution in [0.2, 0.25) is 0 Å². The van der Waals surface area contributed by atoms with Gasteiger partial charge in [0.25, 0.3) is 0 Å². The third-order valence-electron chi connectivity index (χ3n) is 0.705. The van der Waals surface area contributed by atoms with Gasteiger partial charge >= 0.3 is 0 Å². The Bertz CT molecular complexity index is 45.5. The average Bonchev–Trinajstić information content (AvgIpc) is 1.65. The van der Waals surface area contributed by atoms with Gasteiger partial charge < -0.3 is 0 Å². The Balaban J connectivity index is 2.99. The number of hydrogen-bond acceptors (Lipinski definition) is 1. The van der Waals surface area contributed by atoms with Crippen molar-refractivity contribution < 1.29 is 4.57 Å². The molecule has 0 aliphatic carbocycles. The van der Waals surface area contributed by atoms with Gasteiger partial charge in [-0.2, -0.15) is 0 Å². The zero-order valence-corrected chi connectivity index (χ0v) is 5.16. The summed E-state index contributed by atoms with van der Waals surface area (Å²) in [5, 5.41) is 0. The molecule has 37 valence electrons. The predicted molar refractivity (Wildman–Crippen MR) is 28.7 cm³/mol. The molecule has 0 bridgehead atoms. The molecule has 0 aromatic carbocycles. The first kappa shape index (κ1) is 6.10. The Morgan fingerprint density at radius 1 is 1.33 bits per heavy atom. The van der Waals surface area contributed by atoms with Crippen molar-refractivity contribution in [1.29, 1.82) is 0 Å². The van der Waals surface area contributed by atoms with Gasteiger partial charge in [-0.1, -0.05) is 13.8 Å². The fourth-order valence-electron chi connectivity index (χ4n) is 0.224. The summed E-state index contributed by atoms with van der Waals surface area (Å²) >= 11 is 0. The zero-order valence-electron chi connectivity index (χ0n) is 4.27. The van der Waals surface area contributed by atoms with E-state index in [4.69, 9.17) is 0 Å². The molecular formula is C4H10OP. The van der Waals surface area contributed by atoms with Crippen LogP contribution in [0.15, 0.2) is 0 Å². The molecule has 0 aromatic heterocycles. The largest absolute Gasteiger partial charge is 0.287 e. The topological polar surface area (TPSA) is 17.1 Å². The molecular weight excluding hydrogens is 95.0 g/mol. The molecule has 0 saturated heterocycles. The van der Waals surface area contributed by atoms with E-state index in [1.807, 2.05) is 13.8 Å². The van der Waals surface area contributed by atoms with Gasteiger partial charge in [-0.25, -0.2) is 0 Å². The van der Waals surface area contributed by atoms with E-state index in [9.17, 15) is 4.57 Å². The van der Waals surface area contributed by atoms with Gasteiger partial charge in [0.1, 0.15) is 0 Å². The smallest absolute Gasteiger partial charge is 0.0713 e. The molecule has 0 saturated carbocycles. The molecule has 0 N–H and O–H groups in total. The van der Waals surface area contributed by atoms with E-state index in [1.54, 1.807) is 0 Å². The van der Waals surface area contributed by atoms with Crippen LogP contribution >= 0.6 is 7.80 Å². The average molecular weight is 105 g/mol. The van der Waals surface area contributed by atoms with Crippen molar-refractivity contribution in [3.63, 3.8) is 0 Å². The van der Waals surface area contributed by atoms with E-state index in [2.05, 4.69) is 0 Å². The predicted octanol–water partition coefficient (Wildman–Crippen LogP) is 1.85. The van der Waals surface area contributed by atoms with E-state index in [-0.39, 0.29) is 0 Å². The molecule has 1 nitrogen and oxygen atoms in total. The molecule has 0 amide bonds. The fraction of sp³-hybridized carbons (Fsp3) is 1.00. The lowest BCUT2D eigenvalue weighted by Crippen LogP contribution is -1.66. The third-order valence-corrected chi connectivity index (χ3v) is 2.12. The zero-order chi connectivity index (χ0) is 4.99. The molecule has 0 aromatic rings. The first-order valence-corrected chi connectivity index (χ1v) is 3.86. The van der Waals surface area contributed by atoms with Crippen LogP contribution in [0.1, 0.15) is 13.8 Å². The van der Waals surface area contributed by atoms with Crippen molar-refractivity contribution in [3.8, 4) is 0 Å². The SMILES string of the molecule is CC[P](=O)CC. The van der Waals surface area contributed by atoms with E-state index in [1.165, 1.54) is 0 Å². The summed E-state index contributed by atoms with van der Waals surface area (Å²) in [4.78, 5) is 0. The molecule has 0 unspecified atom stereocenters. The van der Waals surface area contributed by atoms with Gasteiger partial charge in [0.15, 0.2) is 0 Å². The summed E-state index contributed by atoms with van der Waals surface area (Å²) < 4.78 is 10.3. The first-order chi connectivity index (χ1) is 2.81. The number of rotatable bonds is 2. The molecule has 1 radical (unpaired) electrons. The molecule has 0 aliphatic heterocycles. The Kier molecular flexibility index (Phi) is 3.35. The summed E-state index contributed by atoms with van der Waals surface area (Å²) in [6.45, 7) is 3.89. The van der Waals surface area contributed by atoms with Gasteiger partial charge in [0.2, 0.25) is 0 Å². The molecule has 0 aliphatic rings. The molecule has 0 fully saturated rings. The summed E-state index contributed by atoms with van der Waals surface area (Å²) in [5.74, 6) is 0. The van der Waals surface area contributed by atoms with E-state index >= 15 is 0 Å². The number of hydrogen-bond donors (Lipinski definition) is 0. The second-order valence-electron chi connectivity index (χ2n) is 1.11. The van der Waals surface area contributed by atoms with Crippen LogP contribution in [0.25, 0.3) is 0 Å². The minimum absolute atomic E-state index is 0.826. The van der Waals surface area contributed by atoms with Crippen LogP contribution in [0.4, 0.5) is 0 Å². The lowest BCUT2D eigenvalue weighted by Gasteiger charge is -1.82. The summed E-state index contributed by atoms with van der Waals surface area (Å²) in [7, 11) is -0.826. The molecule has 0 atom stereocenters. The molecule has 2 heteroatoms. The van der Waals surface area contributed by atoms with Crippen LogP contribution in [0.3, 0.4) is 0 Å². The van der Waals surface area contributed by atoms with Crippen LogP contribution in [0.5, 0.6) is 0 Å².